The van der Waals surface area contributed by atoms with Crippen molar-refractivity contribution in [1.82, 2.24) is 0 Å². The lowest BCUT2D eigenvalue weighted by Crippen LogP contribution is -2.39. The highest BCUT2D eigenvalue weighted by Crippen LogP contribution is 2.26. The molecular weight excluding hydrogens is 260 g/mol. The van der Waals surface area contributed by atoms with Crippen molar-refractivity contribution in [2.75, 3.05) is 19.8 Å². The SMILES string of the molecule is CCCC(O)(O)CC(CC)OCC(CO)(CO)CCC. The highest BCUT2D eigenvalue weighted by atomic mass is 16.5. The summed E-state index contributed by atoms with van der Waals surface area (Å²) in [6.45, 7) is 5.77. The summed E-state index contributed by atoms with van der Waals surface area (Å²) in [5, 5.41) is 38.6. The van der Waals surface area contributed by atoms with E-state index in [1.165, 1.54) is 0 Å². The van der Waals surface area contributed by atoms with Crippen molar-refractivity contribution < 1.29 is 25.2 Å². The van der Waals surface area contributed by atoms with E-state index in [9.17, 15) is 20.4 Å². The molecule has 1 atom stereocenters. The van der Waals surface area contributed by atoms with Gasteiger partial charge < -0.3 is 25.2 Å². The first-order valence-corrected chi connectivity index (χ1v) is 7.66. The first kappa shape index (κ1) is 19.8. The number of hydrogen-bond donors (Lipinski definition) is 4. The molecule has 4 N–H and O–H groups in total. The summed E-state index contributed by atoms with van der Waals surface area (Å²) in [4.78, 5) is 0. The van der Waals surface area contributed by atoms with Gasteiger partial charge in [0.1, 0.15) is 0 Å². The lowest BCUT2D eigenvalue weighted by molar-refractivity contribution is -0.194. The van der Waals surface area contributed by atoms with Gasteiger partial charge in [0.2, 0.25) is 0 Å². The summed E-state index contributed by atoms with van der Waals surface area (Å²) in [7, 11) is 0. The molecule has 0 aliphatic rings. The van der Waals surface area contributed by atoms with E-state index in [4.69, 9.17) is 4.74 Å². The number of aliphatic hydroxyl groups is 4. The summed E-state index contributed by atoms with van der Waals surface area (Å²) < 4.78 is 5.73. The normalized spacial score (nSPS) is 14.6. The van der Waals surface area contributed by atoms with Crippen LogP contribution in [0.5, 0.6) is 0 Å². The van der Waals surface area contributed by atoms with Crippen molar-refractivity contribution >= 4 is 0 Å². The van der Waals surface area contributed by atoms with Gasteiger partial charge in [-0.1, -0.05) is 33.6 Å². The Morgan fingerprint density at radius 1 is 0.950 bits per heavy atom. The molecule has 0 amide bonds. The van der Waals surface area contributed by atoms with Gasteiger partial charge in [0.05, 0.1) is 25.9 Å². The average Bonchev–Trinajstić information content (AvgIpc) is 2.41. The molecule has 1 unspecified atom stereocenters. The zero-order valence-corrected chi connectivity index (χ0v) is 13.1. The molecule has 0 radical (unpaired) electrons. The van der Waals surface area contributed by atoms with E-state index < -0.39 is 11.2 Å². The summed E-state index contributed by atoms with van der Waals surface area (Å²) in [5.41, 5.74) is -0.638. The molecule has 0 saturated heterocycles. The lowest BCUT2D eigenvalue weighted by atomic mass is 9.86. The minimum Gasteiger partial charge on any atom is -0.396 e. The van der Waals surface area contributed by atoms with Gasteiger partial charge in [-0.05, 0) is 12.8 Å². The minimum atomic E-state index is -1.71. The second kappa shape index (κ2) is 9.68. The van der Waals surface area contributed by atoms with E-state index in [2.05, 4.69) is 0 Å². The number of aliphatic hydroxyl groups excluding tert-OH is 2. The highest BCUT2D eigenvalue weighted by Gasteiger charge is 2.31. The van der Waals surface area contributed by atoms with Crippen LogP contribution in [-0.2, 0) is 4.74 Å². The monoisotopic (exact) mass is 292 g/mol. The van der Waals surface area contributed by atoms with Crippen LogP contribution in [0, 0.1) is 5.41 Å². The summed E-state index contributed by atoms with van der Waals surface area (Å²) in [6, 6.07) is 0. The average molecular weight is 292 g/mol. The van der Waals surface area contributed by atoms with Gasteiger partial charge in [-0.2, -0.15) is 0 Å². The fourth-order valence-electron chi connectivity index (χ4n) is 2.38. The van der Waals surface area contributed by atoms with Gasteiger partial charge in [-0.25, -0.2) is 0 Å². The van der Waals surface area contributed by atoms with E-state index in [-0.39, 0.29) is 32.3 Å². The number of hydrogen-bond acceptors (Lipinski definition) is 5. The Hall–Kier alpha value is -0.200. The van der Waals surface area contributed by atoms with Crippen LogP contribution in [0.4, 0.5) is 0 Å². The van der Waals surface area contributed by atoms with Gasteiger partial charge in [-0.15, -0.1) is 0 Å². The van der Waals surface area contributed by atoms with Crippen LogP contribution in [0.2, 0.25) is 0 Å². The lowest BCUT2D eigenvalue weighted by Gasteiger charge is -2.33. The molecule has 0 bridgehead atoms. The molecule has 0 aliphatic carbocycles. The van der Waals surface area contributed by atoms with Gasteiger partial charge >= 0.3 is 0 Å². The van der Waals surface area contributed by atoms with Gasteiger partial charge in [0.25, 0.3) is 0 Å². The summed E-state index contributed by atoms with van der Waals surface area (Å²) in [5.74, 6) is -1.71. The van der Waals surface area contributed by atoms with Gasteiger partial charge in [0, 0.05) is 18.3 Å². The third-order valence-corrected chi connectivity index (χ3v) is 3.74. The fraction of sp³-hybridized carbons (Fsp3) is 1.00. The molecule has 0 heterocycles. The van der Waals surface area contributed by atoms with Gasteiger partial charge in [0.15, 0.2) is 5.79 Å². The molecular formula is C15H32O5. The van der Waals surface area contributed by atoms with Crippen LogP contribution in [-0.4, -0.2) is 52.1 Å². The van der Waals surface area contributed by atoms with Crippen molar-refractivity contribution in [3.63, 3.8) is 0 Å². The smallest absolute Gasteiger partial charge is 0.164 e. The molecule has 0 spiro atoms. The maximum atomic E-state index is 9.84. The summed E-state index contributed by atoms with van der Waals surface area (Å²) >= 11 is 0. The quantitative estimate of drug-likeness (QED) is 0.409. The van der Waals surface area contributed by atoms with Crippen molar-refractivity contribution in [3.05, 3.63) is 0 Å². The predicted molar refractivity (Wildman–Crippen MR) is 78.2 cm³/mol. The Labute approximate surface area is 122 Å². The minimum absolute atomic E-state index is 0.133. The molecule has 0 aromatic rings. The maximum Gasteiger partial charge on any atom is 0.164 e. The van der Waals surface area contributed by atoms with E-state index in [0.29, 0.717) is 25.7 Å². The molecule has 0 aromatic carbocycles. The van der Waals surface area contributed by atoms with E-state index in [1.807, 2.05) is 20.8 Å². The fourth-order valence-corrected chi connectivity index (χ4v) is 2.38. The summed E-state index contributed by atoms with van der Waals surface area (Å²) in [6.07, 6.45) is 3.05. The van der Waals surface area contributed by atoms with E-state index in [0.717, 1.165) is 6.42 Å². The number of rotatable bonds is 12. The zero-order chi connectivity index (χ0) is 15.6. The number of ether oxygens (including phenoxy) is 1. The van der Waals surface area contributed by atoms with E-state index in [1.54, 1.807) is 0 Å². The Kier molecular flexibility index (Phi) is 9.59. The molecule has 0 aliphatic heterocycles. The molecule has 20 heavy (non-hydrogen) atoms. The van der Waals surface area contributed by atoms with Gasteiger partial charge in [-0.3, -0.25) is 0 Å². The standard InChI is InChI=1S/C15H32O5/c1-4-7-14(10-16,11-17)12-20-13(6-3)9-15(18,19)8-5-2/h13,16-19H,4-12H2,1-3H3. The van der Waals surface area contributed by atoms with Crippen LogP contribution in [0.15, 0.2) is 0 Å². The maximum absolute atomic E-state index is 9.84. The van der Waals surface area contributed by atoms with Crippen LogP contribution < -0.4 is 0 Å². The topological polar surface area (TPSA) is 90.2 Å². The van der Waals surface area contributed by atoms with Crippen molar-refractivity contribution in [3.8, 4) is 0 Å². The molecule has 5 nitrogen and oxygen atoms in total. The Balaban J connectivity index is 4.49. The van der Waals surface area contributed by atoms with Crippen molar-refractivity contribution in [2.24, 2.45) is 5.41 Å². The largest absolute Gasteiger partial charge is 0.396 e. The molecule has 0 fully saturated rings. The van der Waals surface area contributed by atoms with Crippen LogP contribution in [0.25, 0.3) is 0 Å². The second-order valence-electron chi connectivity index (χ2n) is 5.84. The highest BCUT2D eigenvalue weighted by molar-refractivity contribution is 4.79. The third-order valence-electron chi connectivity index (χ3n) is 3.74. The second-order valence-corrected chi connectivity index (χ2v) is 5.84. The first-order valence-electron chi connectivity index (χ1n) is 7.66. The molecule has 0 rings (SSSR count). The molecule has 0 aromatic heterocycles. The molecule has 122 valence electrons. The Bertz CT molecular complexity index is 238. The molecule has 0 saturated carbocycles. The Morgan fingerprint density at radius 2 is 1.50 bits per heavy atom. The van der Waals surface area contributed by atoms with Crippen LogP contribution in [0.1, 0.15) is 59.3 Å². The van der Waals surface area contributed by atoms with Crippen molar-refractivity contribution in [1.29, 1.82) is 0 Å². The van der Waals surface area contributed by atoms with E-state index >= 15 is 0 Å². The zero-order valence-electron chi connectivity index (χ0n) is 13.1. The van der Waals surface area contributed by atoms with Crippen LogP contribution in [0.3, 0.4) is 0 Å². The predicted octanol–water partition coefficient (Wildman–Crippen LogP) is 1.42. The Morgan fingerprint density at radius 3 is 1.90 bits per heavy atom. The van der Waals surface area contributed by atoms with Crippen LogP contribution >= 0.6 is 0 Å². The molecule has 5 heteroatoms. The first-order chi connectivity index (χ1) is 9.38. The van der Waals surface area contributed by atoms with Crippen molar-refractivity contribution in [2.45, 2.75) is 71.2 Å². The third kappa shape index (κ3) is 6.99.